The molecule has 0 heterocycles. The predicted octanol–water partition coefficient (Wildman–Crippen LogP) is 4.83. The first-order valence-corrected chi connectivity index (χ1v) is 7.73. The Bertz CT molecular complexity index is 862. The first kappa shape index (κ1) is 16.5. The summed E-state index contributed by atoms with van der Waals surface area (Å²) < 4.78 is 18.2. The zero-order valence-corrected chi connectivity index (χ0v) is 13.6. The minimum atomic E-state index is -0.372. The van der Waals surface area contributed by atoms with E-state index in [0.29, 0.717) is 11.3 Å². The van der Waals surface area contributed by atoms with Gasteiger partial charge in [0.25, 0.3) is 5.91 Å². The number of hydrogen-bond donors (Lipinski definition) is 2. The number of methoxy groups -OCH3 is 1. The highest BCUT2D eigenvalue weighted by molar-refractivity contribution is 6.04. The number of amides is 1. The number of anilines is 3. The number of benzene rings is 3. The Morgan fingerprint density at radius 2 is 1.52 bits per heavy atom. The lowest BCUT2D eigenvalue weighted by molar-refractivity contribution is 0.102. The Hall–Kier alpha value is -3.34. The number of carbonyl (C=O) groups is 1. The Kier molecular flexibility index (Phi) is 4.95. The van der Waals surface area contributed by atoms with E-state index in [-0.39, 0.29) is 11.7 Å². The van der Waals surface area contributed by atoms with Crippen LogP contribution in [0.4, 0.5) is 21.5 Å². The second-order valence-corrected chi connectivity index (χ2v) is 5.36. The van der Waals surface area contributed by atoms with Crippen LogP contribution in [-0.2, 0) is 0 Å². The summed E-state index contributed by atoms with van der Waals surface area (Å²) in [5, 5.41) is 6.04. The topological polar surface area (TPSA) is 50.4 Å². The molecule has 0 spiro atoms. The molecule has 126 valence electrons. The molecule has 4 nitrogen and oxygen atoms in total. The van der Waals surface area contributed by atoms with Gasteiger partial charge in [0.2, 0.25) is 0 Å². The zero-order chi connectivity index (χ0) is 17.6. The van der Waals surface area contributed by atoms with Gasteiger partial charge in [-0.1, -0.05) is 12.1 Å². The Balaban J connectivity index is 1.68. The molecule has 0 fully saturated rings. The predicted molar refractivity (Wildman–Crippen MR) is 97.1 cm³/mol. The smallest absolute Gasteiger partial charge is 0.255 e. The molecule has 25 heavy (non-hydrogen) atoms. The Morgan fingerprint density at radius 3 is 2.20 bits per heavy atom. The molecule has 0 saturated carbocycles. The van der Waals surface area contributed by atoms with Crippen molar-refractivity contribution >= 4 is 23.0 Å². The summed E-state index contributed by atoms with van der Waals surface area (Å²) >= 11 is 0. The van der Waals surface area contributed by atoms with Crippen LogP contribution in [0.5, 0.6) is 5.75 Å². The molecular weight excluding hydrogens is 319 g/mol. The van der Waals surface area contributed by atoms with E-state index in [0.717, 1.165) is 17.1 Å². The molecule has 5 heteroatoms. The fraction of sp³-hybridized carbons (Fsp3) is 0.0500. The van der Waals surface area contributed by atoms with Gasteiger partial charge in [-0.3, -0.25) is 4.79 Å². The second-order valence-electron chi connectivity index (χ2n) is 5.36. The molecule has 0 aliphatic carbocycles. The highest BCUT2D eigenvalue weighted by Crippen LogP contribution is 2.27. The van der Waals surface area contributed by atoms with Gasteiger partial charge >= 0.3 is 0 Å². The van der Waals surface area contributed by atoms with Crippen molar-refractivity contribution in [3.05, 3.63) is 84.2 Å². The lowest BCUT2D eigenvalue weighted by atomic mass is 10.2. The van der Waals surface area contributed by atoms with Crippen molar-refractivity contribution in [2.45, 2.75) is 0 Å². The van der Waals surface area contributed by atoms with Crippen LogP contribution in [0.3, 0.4) is 0 Å². The average molecular weight is 336 g/mol. The fourth-order valence-corrected chi connectivity index (χ4v) is 2.34. The minimum absolute atomic E-state index is 0.287. The number of halogens is 1. The number of ether oxygens (including phenoxy) is 1. The van der Waals surface area contributed by atoms with Crippen LogP contribution in [0.2, 0.25) is 0 Å². The fourth-order valence-electron chi connectivity index (χ4n) is 2.34. The summed E-state index contributed by atoms with van der Waals surface area (Å²) in [6, 6.07) is 20.3. The molecule has 0 unspecified atom stereocenters. The van der Waals surface area contributed by atoms with Gasteiger partial charge in [-0.25, -0.2) is 4.39 Å². The lowest BCUT2D eigenvalue weighted by Crippen LogP contribution is -2.11. The first-order chi connectivity index (χ1) is 12.2. The molecule has 0 aliphatic rings. The van der Waals surface area contributed by atoms with E-state index in [1.54, 1.807) is 19.2 Å². The van der Waals surface area contributed by atoms with E-state index in [1.165, 1.54) is 24.3 Å². The molecule has 0 bridgehead atoms. The Morgan fingerprint density at radius 1 is 0.880 bits per heavy atom. The van der Waals surface area contributed by atoms with Crippen molar-refractivity contribution in [2.24, 2.45) is 0 Å². The van der Waals surface area contributed by atoms with Crippen molar-refractivity contribution in [3.63, 3.8) is 0 Å². The van der Waals surface area contributed by atoms with E-state index in [2.05, 4.69) is 10.6 Å². The van der Waals surface area contributed by atoms with Crippen LogP contribution in [0.15, 0.2) is 72.8 Å². The molecule has 3 rings (SSSR count). The molecule has 2 N–H and O–H groups in total. The normalized spacial score (nSPS) is 10.2. The van der Waals surface area contributed by atoms with Gasteiger partial charge in [-0.15, -0.1) is 0 Å². The standard InChI is InChI=1S/C20H17FN2O2/c1-25-19-5-3-2-4-18(19)22-16-10-12-17(13-11-16)23-20(24)14-6-8-15(21)9-7-14/h2-13,22H,1H3,(H,23,24). The quantitative estimate of drug-likeness (QED) is 0.701. The van der Waals surface area contributed by atoms with Crippen LogP contribution in [0.1, 0.15) is 10.4 Å². The van der Waals surface area contributed by atoms with Crippen molar-refractivity contribution in [2.75, 3.05) is 17.7 Å². The molecule has 1 amide bonds. The van der Waals surface area contributed by atoms with Gasteiger partial charge in [0.1, 0.15) is 11.6 Å². The average Bonchev–Trinajstić information content (AvgIpc) is 2.64. The molecule has 0 atom stereocenters. The molecule has 0 radical (unpaired) electrons. The molecule has 3 aromatic rings. The third kappa shape index (κ3) is 4.14. The van der Waals surface area contributed by atoms with Crippen molar-refractivity contribution in [3.8, 4) is 5.75 Å². The van der Waals surface area contributed by atoms with Gasteiger partial charge in [-0.2, -0.15) is 0 Å². The van der Waals surface area contributed by atoms with Crippen molar-refractivity contribution < 1.29 is 13.9 Å². The van der Waals surface area contributed by atoms with Gasteiger partial charge in [0.15, 0.2) is 0 Å². The van der Waals surface area contributed by atoms with Crippen molar-refractivity contribution in [1.82, 2.24) is 0 Å². The van der Waals surface area contributed by atoms with E-state index in [9.17, 15) is 9.18 Å². The third-order valence-corrected chi connectivity index (χ3v) is 3.64. The lowest BCUT2D eigenvalue weighted by Gasteiger charge is -2.11. The summed E-state index contributed by atoms with van der Waals surface area (Å²) in [5.41, 5.74) is 2.77. The van der Waals surface area contributed by atoms with Crippen LogP contribution >= 0.6 is 0 Å². The summed E-state index contributed by atoms with van der Waals surface area (Å²) in [6.07, 6.45) is 0. The Labute approximate surface area is 145 Å². The molecule has 0 aliphatic heterocycles. The van der Waals surface area contributed by atoms with Crippen LogP contribution < -0.4 is 15.4 Å². The number of rotatable bonds is 5. The van der Waals surface area contributed by atoms with E-state index < -0.39 is 0 Å². The summed E-state index contributed by atoms with van der Waals surface area (Å²) in [7, 11) is 1.62. The molecule has 3 aromatic carbocycles. The molecule has 0 aromatic heterocycles. The monoisotopic (exact) mass is 336 g/mol. The van der Waals surface area contributed by atoms with Crippen LogP contribution in [0.25, 0.3) is 0 Å². The maximum atomic E-state index is 12.9. The highest BCUT2D eigenvalue weighted by atomic mass is 19.1. The number of para-hydroxylation sites is 2. The SMILES string of the molecule is COc1ccccc1Nc1ccc(NC(=O)c2ccc(F)cc2)cc1. The van der Waals surface area contributed by atoms with Crippen LogP contribution in [-0.4, -0.2) is 13.0 Å². The van der Waals surface area contributed by atoms with Crippen molar-refractivity contribution in [1.29, 1.82) is 0 Å². The first-order valence-electron chi connectivity index (χ1n) is 7.73. The molecule has 0 saturated heterocycles. The van der Waals surface area contributed by atoms with Gasteiger partial charge in [-0.05, 0) is 60.7 Å². The minimum Gasteiger partial charge on any atom is -0.495 e. The highest BCUT2D eigenvalue weighted by Gasteiger charge is 2.07. The van der Waals surface area contributed by atoms with Crippen LogP contribution in [0, 0.1) is 5.82 Å². The third-order valence-electron chi connectivity index (χ3n) is 3.64. The van der Waals surface area contributed by atoms with E-state index >= 15 is 0 Å². The van der Waals surface area contributed by atoms with E-state index in [4.69, 9.17) is 4.74 Å². The summed E-state index contributed by atoms with van der Waals surface area (Å²) in [5.74, 6) is 0.0879. The largest absolute Gasteiger partial charge is 0.495 e. The van der Waals surface area contributed by atoms with Gasteiger partial charge in [0.05, 0.1) is 12.8 Å². The zero-order valence-electron chi connectivity index (χ0n) is 13.6. The number of nitrogens with one attached hydrogen (secondary N) is 2. The summed E-state index contributed by atoms with van der Waals surface area (Å²) in [4.78, 5) is 12.1. The maximum absolute atomic E-state index is 12.9. The van der Waals surface area contributed by atoms with Gasteiger partial charge < -0.3 is 15.4 Å². The summed E-state index contributed by atoms with van der Waals surface area (Å²) in [6.45, 7) is 0. The number of carbonyl (C=O) groups excluding carboxylic acids is 1. The van der Waals surface area contributed by atoms with Gasteiger partial charge in [0, 0.05) is 16.9 Å². The second kappa shape index (κ2) is 7.49. The van der Waals surface area contributed by atoms with E-state index in [1.807, 2.05) is 36.4 Å². The number of hydrogen-bond acceptors (Lipinski definition) is 3. The maximum Gasteiger partial charge on any atom is 0.255 e. The molecular formula is C20H17FN2O2.